The molecule has 1 aromatic carbocycles. The average molecular weight is 972 g/mol. The van der Waals surface area contributed by atoms with Crippen molar-refractivity contribution in [2.24, 2.45) is 10.9 Å². The van der Waals surface area contributed by atoms with E-state index in [2.05, 4.69) is 35.8 Å². The molecule has 0 aliphatic carbocycles. The number of aliphatic carboxylic acids is 1. The number of aromatic hydroxyl groups is 2. The van der Waals surface area contributed by atoms with E-state index in [-0.39, 0.29) is 46.2 Å². The molecule has 5 heterocycles. The molecule has 0 saturated carbocycles. The number of β-lactam (4-membered cyclic amide) rings is 1. The van der Waals surface area contributed by atoms with Gasteiger partial charge in [0, 0.05) is 35.2 Å². The number of thioether (sulfide) groups is 2. The summed E-state index contributed by atoms with van der Waals surface area (Å²) in [7, 11) is -2.65. The zero-order valence-electron chi connectivity index (χ0n) is 33.2. The molecule has 6 atom stereocenters. The summed E-state index contributed by atoms with van der Waals surface area (Å²) in [6, 6.07) is 3.29. The summed E-state index contributed by atoms with van der Waals surface area (Å²) in [5, 5.41) is 88.1. The first-order valence-corrected chi connectivity index (χ1v) is 22.8. The lowest BCUT2D eigenvalue weighted by atomic mass is 10.0. The van der Waals surface area contributed by atoms with Crippen molar-refractivity contribution in [3.63, 3.8) is 0 Å². The summed E-state index contributed by atoms with van der Waals surface area (Å²) in [5.41, 5.74) is 11.1. The Kier molecular flexibility index (Phi) is 16.1. The molecule has 2 aliphatic heterocycles. The number of aliphatic hydroxyl groups excluding tert-OH is 5. The molecular formula is C34H41N11O15S4. The Labute approximate surface area is 373 Å². The molecule has 0 radical (unpaired) electrons. The lowest BCUT2D eigenvalue weighted by molar-refractivity contribution is -0.150. The molecule has 64 heavy (non-hydrogen) atoms. The predicted octanol–water partition coefficient (Wildman–Crippen LogP) is -3.69. The average Bonchev–Trinajstić information content (AvgIpc) is 3.89. The van der Waals surface area contributed by atoms with Crippen molar-refractivity contribution < 1.29 is 73.3 Å². The number of hydrogen-bond donors (Lipinski definition) is 12. The number of amides is 3. The van der Waals surface area contributed by atoms with Crippen molar-refractivity contribution >= 4 is 85.0 Å². The number of phenolic OH excluding ortho intramolecular Hbond substituents is 2. The van der Waals surface area contributed by atoms with Gasteiger partial charge < -0.3 is 67.8 Å². The number of anilines is 1. The van der Waals surface area contributed by atoms with Crippen molar-refractivity contribution in [3.05, 3.63) is 58.1 Å². The van der Waals surface area contributed by atoms with E-state index in [4.69, 9.17) is 36.7 Å². The Morgan fingerprint density at radius 2 is 1.78 bits per heavy atom. The molecule has 1 fully saturated rings. The van der Waals surface area contributed by atoms with Crippen molar-refractivity contribution in [1.82, 2.24) is 40.1 Å². The number of carboxylic acid groups (broad SMARTS) is 1. The maximum absolute atomic E-state index is 13.4. The van der Waals surface area contributed by atoms with Crippen LogP contribution in [-0.4, -0.2) is 182 Å². The third-order valence-corrected chi connectivity index (χ3v) is 13.4. The molecule has 3 amide bonds. The normalized spacial score (nSPS) is 18.3. The first-order chi connectivity index (χ1) is 30.2. The van der Waals surface area contributed by atoms with Gasteiger partial charge in [0.2, 0.25) is 21.6 Å². The summed E-state index contributed by atoms with van der Waals surface area (Å²) >= 11 is 3.34. The number of nitrogens with one attached hydrogen (secondary N) is 2. The standard InChI is InChI=1S/C27H24N10O10S4.C7H17NO5/c1-10-4-16(37-27(30-10)33-21(34-37)20(28)40)48-6-11-7-49-24-18(23(42)36(24)19(11)25(43)44)32-22(41)17(13-8-50-26(29)31-13)35-47-9-51(45,46)12-2-3-14(38)15(39)5-12;1-8-2-4(10)6(12)7(13)5(11)3-9/h2-5,8,18,24,38-39H,6-7,9H2,1H3,(H2,28,40)(H2,29,31)(H,32,41)(H,43,44);4-13H,2-3H2,1H3/b35-17+;/t18-,24-;4-,5+,6+,7+/m10/s1. The number of primary amides is 1. The van der Waals surface area contributed by atoms with E-state index in [1.54, 1.807) is 20.0 Å². The minimum absolute atomic E-state index is 0.0489. The Bertz CT molecular complexity index is 2590. The maximum atomic E-state index is 13.4. The highest BCUT2D eigenvalue weighted by atomic mass is 32.2. The van der Waals surface area contributed by atoms with Crippen LogP contribution in [0.2, 0.25) is 0 Å². The van der Waals surface area contributed by atoms with Crippen molar-refractivity contribution in [2.45, 2.75) is 52.7 Å². The number of aryl methyl sites for hydroxylation is 1. The van der Waals surface area contributed by atoms with Crippen LogP contribution in [0.25, 0.3) is 5.78 Å². The summed E-state index contributed by atoms with van der Waals surface area (Å²) < 4.78 is 26.7. The van der Waals surface area contributed by atoms with Gasteiger partial charge >= 0.3 is 5.97 Å². The fourth-order valence-electron chi connectivity index (χ4n) is 5.75. The molecule has 4 aromatic rings. The molecule has 0 unspecified atom stereocenters. The lowest BCUT2D eigenvalue weighted by Gasteiger charge is -2.49. The monoisotopic (exact) mass is 971 g/mol. The molecule has 346 valence electrons. The van der Waals surface area contributed by atoms with Crippen LogP contribution in [0, 0.1) is 6.92 Å². The molecule has 0 bridgehead atoms. The summed E-state index contributed by atoms with van der Waals surface area (Å²) in [6.45, 7) is 1.14. The van der Waals surface area contributed by atoms with Crippen LogP contribution in [0.3, 0.4) is 0 Å². The van der Waals surface area contributed by atoms with Crippen LogP contribution in [0.4, 0.5) is 5.13 Å². The Morgan fingerprint density at radius 3 is 2.39 bits per heavy atom. The Hall–Kier alpha value is -5.70. The quantitative estimate of drug-likeness (QED) is 0.0114. The van der Waals surface area contributed by atoms with Gasteiger partial charge in [-0.2, -0.15) is 9.50 Å². The van der Waals surface area contributed by atoms with Crippen molar-refractivity contribution in [2.75, 3.05) is 43.4 Å². The van der Waals surface area contributed by atoms with E-state index in [1.807, 2.05) is 0 Å². The number of nitrogens with two attached hydrogens (primary N) is 2. The number of nitrogens with zero attached hydrogens (tertiary/aromatic N) is 7. The second-order valence-corrected chi connectivity index (χ2v) is 18.5. The molecule has 14 N–H and O–H groups in total. The number of oxime groups is 1. The fourth-order valence-corrected chi connectivity index (χ4v) is 9.72. The molecule has 30 heteroatoms. The number of aromatic nitrogens is 5. The number of carboxylic acids is 1. The zero-order valence-corrected chi connectivity index (χ0v) is 36.5. The molecule has 6 rings (SSSR count). The van der Waals surface area contributed by atoms with Gasteiger partial charge in [-0.05, 0) is 37.7 Å². The van der Waals surface area contributed by atoms with Crippen LogP contribution < -0.4 is 22.1 Å². The van der Waals surface area contributed by atoms with Gasteiger partial charge in [0.1, 0.15) is 46.1 Å². The second-order valence-electron chi connectivity index (χ2n) is 13.5. The minimum atomic E-state index is -4.23. The predicted molar refractivity (Wildman–Crippen MR) is 225 cm³/mol. The van der Waals surface area contributed by atoms with Crippen LogP contribution in [-0.2, 0) is 29.1 Å². The van der Waals surface area contributed by atoms with E-state index in [0.717, 1.165) is 34.4 Å². The maximum Gasteiger partial charge on any atom is 0.352 e. The molecular weight excluding hydrogens is 931 g/mol. The van der Waals surface area contributed by atoms with Gasteiger partial charge in [0.15, 0.2) is 22.3 Å². The summed E-state index contributed by atoms with van der Waals surface area (Å²) in [4.78, 5) is 68.8. The number of carbonyl (C=O) groups excluding carboxylic acids is 3. The Balaban J connectivity index is 0.000000515. The lowest BCUT2D eigenvalue weighted by Crippen LogP contribution is -2.71. The molecule has 0 spiro atoms. The van der Waals surface area contributed by atoms with E-state index in [1.165, 1.54) is 33.4 Å². The fraction of sp³-hybridized carbons (Fsp3) is 0.382. The van der Waals surface area contributed by atoms with Crippen molar-refractivity contribution in [3.8, 4) is 11.5 Å². The van der Waals surface area contributed by atoms with Gasteiger partial charge in [-0.1, -0.05) is 5.16 Å². The topological polar surface area (TPSA) is 421 Å². The summed E-state index contributed by atoms with van der Waals surface area (Å²) in [5.74, 6) is -6.05. The first-order valence-electron chi connectivity index (χ1n) is 18.2. The number of thiazole rings is 1. The third kappa shape index (κ3) is 11.1. The van der Waals surface area contributed by atoms with E-state index in [9.17, 15) is 48.0 Å². The number of sulfone groups is 1. The van der Waals surface area contributed by atoms with Crippen LogP contribution in [0.1, 0.15) is 22.0 Å². The minimum Gasteiger partial charge on any atom is -0.504 e. The highest BCUT2D eigenvalue weighted by Crippen LogP contribution is 2.42. The highest BCUT2D eigenvalue weighted by molar-refractivity contribution is 8.01. The summed E-state index contributed by atoms with van der Waals surface area (Å²) in [6.07, 6.45) is -5.65. The largest absolute Gasteiger partial charge is 0.504 e. The zero-order chi connectivity index (χ0) is 47.2. The number of phenols is 2. The second kappa shape index (κ2) is 20.9. The SMILES string of the molecule is CNC[C@H](O)[C@@H](O)[C@H](O)[C@H](O)CO.Cc1cc(SCC2=C(C(=O)O)N3C(=O)[C@@H](NC(=O)/C(=N/OCS(=O)(=O)c4ccc(O)c(O)c4)c4csc(N)n4)[C@H]3SC2)n2nc(C(N)=O)nc2n1. The van der Waals surface area contributed by atoms with Gasteiger partial charge in [-0.3, -0.25) is 19.3 Å². The number of nitrogen functional groups attached to an aromatic ring is 1. The highest BCUT2D eigenvalue weighted by Gasteiger charge is 2.54. The number of rotatable bonds is 18. The van der Waals surface area contributed by atoms with Crippen molar-refractivity contribution in [1.29, 1.82) is 0 Å². The van der Waals surface area contributed by atoms with Gasteiger partial charge in [0.25, 0.3) is 23.5 Å². The number of carbonyl (C=O) groups is 4. The van der Waals surface area contributed by atoms with Gasteiger partial charge in [-0.15, -0.1) is 40.0 Å². The van der Waals surface area contributed by atoms with Crippen LogP contribution >= 0.6 is 34.9 Å². The molecule has 26 nitrogen and oxygen atoms in total. The smallest absolute Gasteiger partial charge is 0.352 e. The molecule has 3 aromatic heterocycles. The molecule has 2 aliphatic rings. The van der Waals surface area contributed by atoms with Gasteiger partial charge in [0.05, 0.1) is 17.6 Å². The van der Waals surface area contributed by atoms with E-state index < -0.39 is 104 Å². The Morgan fingerprint density at radius 1 is 1.08 bits per heavy atom. The number of aliphatic hydroxyl groups is 5. The van der Waals surface area contributed by atoms with Crippen LogP contribution in [0.15, 0.2) is 56.0 Å². The van der Waals surface area contributed by atoms with E-state index in [0.29, 0.717) is 16.3 Å². The first kappa shape index (κ1) is 49.3. The van der Waals surface area contributed by atoms with E-state index >= 15 is 0 Å². The number of likely N-dealkylation sites (N-methyl/N-ethyl adjacent to an activating group) is 1. The third-order valence-electron chi connectivity index (χ3n) is 8.95. The van der Waals surface area contributed by atoms with Gasteiger partial charge in [-0.25, -0.2) is 23.2 Å². The van der Waals surface area contributed by atoms with Crippen LogP contribution in [0.5, 0.6) is 11.5 Å². The number of benzene rings is 1. The number of hydrogen-bond acceptors (Lipinski definition) is 24. The number of fused-ring (bicyclic) bond motifs is 2. The molecule has 1 saturated heterocycles.